The summed E-state index contributed by atoms with van der Waals surface area (Å²) in [7, 11) is 0. The van der Waals surface area contributed by atoms with Gasteiger partial charge in [0.25, 0.3) is 0 Å². The van der Waals surface area contributed by atoms with Gasteiger partial charge in [0.15, 0.2) is 0 Å². The first-order valence-corrected chi connectivity index (χ1v) is 3.87. The number of hydrogen-bond donors (Lipinski definition) is 1. The fourth-order valence-electron chi connectivity index (χ4n) is 1.14. The largest absolute Gasteiger partial charge is 0.393 e. The Balaban J connectivity index is 2.30. The van der Waals surface area contributed by atoms with E-state index in [4.69, 9.17) is 0 Å². The molecule has 1 fully saturated rings. The lowest BCUT2D eigenvalue weighted by atomic mass is 9.99. The molecule has 10 heavy (non-hydrogen) atoms. The number of aldehydes is 1. The summed E-state index contributed by atoms with van der Waals surface area (Å²) in [5.74, 6) is 0. The summed E-state index contributed by atoms with van der Waals surface area (Å²) in [6.45, 7) is 1.94. The van der Waals surface area contributed by atoms with E-state index in [2.05, 4.69) is 0 Å². The maximum atomic E-state index is 10.4. The van der Waals surface area contributed by atoms with E-state index in [1.807, 2.05) is 6.92 Å². The normalized spacial score (nSPS) is 23.8. The third-order valence-corrected chi connectivity index (χ3v) is 2.26. The zero-order chi connectivity index (χ0) is 7.61. The van der Waals surface area contributed by atoms with Crippen molar-refractivity contribution in [2.24, 2.45) is 5.41 Å². The molecule has 0 spiro atoms. The monoisotopic (exact) mass is 142 g/mol. The van der Waals surface area contributed by atoms with E-state index in [9.17, 15) is 9.90 Å². The SMILES string of the molecule is CCC(O)CC1(C=O)CC1. The molecule has 2 nitrogen and oxygen atoms in total. The van der Waals surface area contributed by atoms with Crippen LogP contribution in [0.5, 0.6) is 0 Å². The Morgan fingerprint density at radius 2 is 2.30 bits per heavy atom. The molecular formula is C8H14O2. The molecule has 0 amide bonds. The third kappa shape index (κ3) is 1.57. The number of carbonyl (C=O) groups is 1. The molecule has 0 saturated heterocycles. The molecule has 0 radical (unpaired) electrons. The van der Waals surface area contributed by atoms with Crippen molar-refractivity contribution in [3.63, 3.8) is 0 Å². The van der Waals surface area contributed by atoms with E-state index in [1.54, 1.807) is 0 Å². The quantitative estimate of drug-likeness (QED) is 0.597. The maximum absolute atomic E-state index is 10.4. The van der Waals surface area contributed by atoms with Crippen LogP contribution >= 0.6 is 0 Å². The predicted octanol–water partition coefficient (Wildman–Crippen LogP) is 1.13. The van der Waals surface area contributed by atoms with Gasteiger partial charge in [-0.15, -0.1) is 0 Å². The Labute approximate surface area is 61.2 Å². The average Bonchev–Trinajstić information content (AvgIpc) is 2.70. The van der Waals surface area contributed by atoms with Crippen molar-refractivity contribution in [3.8, 4) is 0 Å². The fraction of sp³-hybridized carbons (Fsp3) is 0.875. The van der Waals surface area contributed by atoms with E-state index >= 15 is 0 Å². The second-order valence-corrected chi connectivity index (χ2v) is 3.25. The van der Waals surface area contributed by atoms with E-state index in [1.165, 1.54) is 0 Å². The molecular weight excluding hydrogens is 128 g/mol. The highest BCUT2D eigenvalue weighted by Crippen LogP contribution is 2.47. The van der Waals surface area contributed by atoms with E-state index in [0.29, 0.717) is 6.42 Å². The van der Waals surface area contributed by atoms with Gasteiger partial charge in [-0.3, -0.25) is 0 Å². The van der Waals surface area contributed by atoms with Crippen molar-refractivity contribution in [2.75, 3.05) is 0 Å². The molecule has 1 atom stereocenters. The molecule has 1 aliphatic rings. The van der Waals surface area contributed by atoms with Crippen LogP contribution in [-0.4, -0.2) is 17.5 Å². The van der Waals surface area contributed by atoms with E-state index < -0.39 is 0 Å². The maximum Gasteiger partial charge on any atom is 0.126 e. The first kappa shape index (κ1) is 7.73. The van der Waals surface area contributed by atoms with E-state index in [-0.39, 0.29) is 11.5 Å². The number of hydrogen-bond acceptors (Lipinski definition) is 2. The first-order valence-electron chi connectivity index (χ1n) is 3.87. The van der Waals surface area contributed by atoms with Crippen molar-refractivity contribution in [1.29, 1.82) is 0 Å². The van der Waals surface area contributed by atoms with Gasteiger partial charge in [-0.1, -0.05) is 6.92 Å². The zero-order valence-electron chi connectivity index (χ0n) is 6.34. The summed E-state index contributed by atoms with van der Waals surface area (Å²) < 4.78 is 0. The highest BCUT2D eigenvalue weighted by Gasteiger charge is 2.43. The number of rotatable bonds is 4. The Hall–Kier alpha value is -0.370. The van der Waals surface area contributed by atoms with Crippen LogP contribution in [0, 0.1) is 5.41 Å². The van der Waals surface area contributed by atoms with Gasteiger partial charge in [0.05, 0.1) is 6.10 Å². The molecule has 0 aromatic heterocycles. The van der Waals surface area contributed by atoms with Crippen LogP contribution in [0.15, 0.2) is 0 Å². The van der Waals surface area contributed by atoms with Crippen molar-refractivity contribution < 1.29 is 9.90 Å². The number of carbonyl (C=O) groups excluding carboxylic acids is 1. The minimum atomic E-state index is -0.271. The van der Waals surface area contributed by atoms with Crippen LogP contribution in [0.25, 0.3) is 0 Å². The zero-order valence-corrected chi connectivity index (χ0v) is 6.34. The molecule has 0 aromatic rings. The molecule has 1 rings (SSSR count). The molecule has 2 heteroatoms. The predicted molar refractivity (Wildman–Crippen MR) is 38.6 cm³/mol. The van der Waals surface area contributed by atoms with Crippen molar-refractivity contribution in [1.82, 2.24) is 0 Å². The molecule has 1 unspecified atom stereocenters. The third-order valence-electron chi connectivity index (χ3n) is 2.26. The Morgan fingerprint density at radius 1 is 1.70 bits per heavy atom. The van der Waals surface area contributed by atoms with Gasteiger partial charge < -0.3 is 9.90 Å². The second kappa shape index (κ2) is 2.70. The van der Waals surface area contributed by atoms with Crippen LogP contribution in [-0.2, 0) is 4.79 Å². The van der Waals surface area contributed by atoms with Gasteiger partial charge in [0.2, 0.25) is 0 Å². The molecule has 0 heterocycles. The fourth-order valence-corrected chi connectivity index (χ4v) is 1.14. The standard InChI is InChI=1S/C8H14O2/c1-2-7(10)5-8(6-9)3-4-8/h6-7,10H,2-5H2,1H3. The number of aliphatic hydroxyl groups is 1. The molecule has 0 bridgehead atoms. The molecule has 0 aliphatic heterocycles. The molecule has 1 N–H and O–H groups in total. The van der Waals surface area contributed by atoms with Crippen LogP contribution in [0.4, 0.5) is 0 Å². The summed E-state index contributed by atoms with van der Waals surface area (Å²) in [5.41, 5.74) is -0.116. The summed E-state index contributed by atoms with van der Waals surface area (Å²) in [6.07, 6.45) is 4.13. The molecule has 58 valence electrons. The topological polar surface area (TPSA) is 37.3 Å². The van der Waals surface area contributed by atoms with Crippen molar-refractivity contribution >= 4 is 6.29 Å². The smallest absolute Gasteiger partial charge is 0.126 e. The van der Waals surface area contributed by atoms with Gasteiger partial charge >= 0.3 is 0 Å². The minimum absolute atomic E-state index is 0.116. The van der Waals surface area contributed by atoms with Gasteiger partial charge in [-0.25, -0.2) is 0 Å². The summed E-state index contributed by atoms with van der Waals surface area (Å²) in [5, 5.41) is 9.21. The minimum Gasteiger partial charge on any atom is -0.393 e. The van der Waals surface area contributed by atoms with Crippen molar-refractivity contribution in [3.05, 3.63) is 0 Å². The molecule has 0 aromatic carbocycles. The Morgan fingerprint density at radius 3 is 2.60 bits per heavy atom. The van der Waals surface area contributed by atoms with Gasteiger partial charge in [0.1, 0.15) is 6.29 Å². The van der Waals surface area contributed by atoms with Gasteiger partial charge in [-0.05, 0) is 25.7 Å². The van der Waals surface area contributed by atoms with Crippen LogP contribution in [0.3, 0.4) is 0 Å². The van der Waals surface area contributed by atoms with Gasteiger partial charge in [0, 0.05) is 5.41 Å². The highest BCUT2D eigenvalue weighted by atomic mass is 16.3. The lowest BCUT2D eigenvalue weighted by Crippen LogP contribution is -2.14. The summed E-state index contributed by atoms with van der Waals surface area (Å²) >= 11 is 0. The molecule has 1 aliphatic carbocycles. The highest BCUT2D eigenvalue weighted by molar-refractivity contribution is 5.63. The Kier molecular flexibility index (Phi) is 2.09. The molecule has 1 saturated carbocycles. The lowest BCUT2D eigenvalue weighted by Gasteiger charge is -2.10. The lowest BCUT2D eigenvalue weighted by molar-refractivity contribution is -0.113. The summed E-state index contributed by atoms with van der Waals surface area (Å²) in [6, 6.07) is 0. The Bertz CT molecular complexity index is 127. The summed E-state index contributed by atoms with van der Waals surface area (Å²) in [4.78, 5) is 10.4. The van der Waals surface area contributed by atoms with E-state index in [0.717, 1.165) is 25.5 Å². The average molecular weight is 142 g/mol. The second-order valence-electron chi connectivity index (χ2n) is 3.25. The van der Waals surface area contributed by atoms with Crippen molar-refractivity contribution in [2.45, 2.75) is 38.7 Å². The first-order chi connectivity index (χ1) is 4.72. The van der Waals surface area contributed by atoms with Crippen LogP contribution in [0.2, 0.25) is 0 Å². The van der Waals surface area contributed by atoms with Crippen LogP contribution < -0.4 is 0 Å². The number of aliphatic hydroxyl groups excluding tert-OH is 1. The van der Waals surface area contributed by atoms with Crippen LogP contribution in [0.1, 0.15) is 32.6 Å². The van der Waals surface area contributed by atoms with Gasteiger partial charge in [-0.2, -0.15) is 0 Å².